The number of rotatable bonds is 10. The third-order valence-electron chi connectivity index (χ3n) is 3.23. The van der Waals surface area contributed by atoms with Crippen molar-refractivity contribution >= 4 is 11.9 Å². The number of benzene rings is 1. The molecule has 1 unspecified atom stereocenters. The van der Waals surface area contributed by atoms with Crippen LogP contribution in [0.2, 0.25) is 0 Å². The second-order valence-corrected chi connectivity index (χ2v) is 5.16. The molecule has 0 heterocycles. The fourth-order valence-corrected chi connectivity index (χ4v) is 1.95. The minimum absolute atomic E-state index is 0.106. The highest BCUT2D eigenvalue weighted by molar-refractivity contribution is 5.79. The second-order valence-electron chi connectivity index (χ2n) is 5.16. The van der Waals surface area contributed by atoms with Crippen molar-refractivity contribution in [2.75, 3.05) is 0 Å². The van der Waals surface area contributed by atoms with Gasteiger partial charge in [-0.2, -0.15) is 0 Å². The van der Waals surface area contributed by atoms with Crippen LogP contribution in [0.5, 0.6) is 5.75 Å². The molecule has 5 heteroatoms. The van der Waals surface area contributed by atoms with Crippen molar-refractivity contribution in [3.63, 3.8) is 0 Å². The van der Waals surface area contributed by atoms with Gasteiger partial charge in [-0.05, 0) is 25.0 Å². The zero-order chi connectivity index (χ0) is 17.1. The van der Waals surface area contributed by atoms with Gasteiger partial charge in [-0.25, -0.2) is 4.39 Å². The molecule has 1 aromatic carbocycles. The first-order valence-electron chi connectivity index (χ1n) is 7.84. The molecule has 1 rings (SSSR count). The molecule has 1 atom stereocenters. The van der Waals surface area contributed by atoms with Crippen LogP contribution in [0.3, 0.4) is 0 Å². The number of hydrogen-bond donors (Lipinski definition) is 0. The maximum Gasteiger partial charge on any atom is 0.311 e. The maximum absolute atomic E-state index is 13.3. The molecule has 0 saturated carbocycles. The number of halogens is 1. The second kappa shape index (κ2) is 10.5. The minimum atomic E-state index is -0.673. The Balaban J connectivity index is 2.33. The van der Waals surface area contributed by atoms with Crippen LogP contribution in [-0.2, 0) is 14.3 Å². The molecule has 4 nitrogen and oxygen atoms in total. The Hall–Kier alpha value is -2.17. The molecule has 0 saturated heterocycles. The Labute approximate surface area is 136 Å². The van der Waals surface area contributed by atoms with E-state index in [4.69, 9.17) is 9.47 Å². The molecule has 0 radical (unpaired) electrons. The predicted octanol–water partition coefficient (Wildman–Crippen LogP) is 4.19. The SMILES string of the molecule is C=CC(CCCCC)OC(=O)CCC(=O)Oc1ccccc1F. The van der Waals surface area contributed by atoms with Gasteiger partial charge in [0.25, 0.3) is 0 Å². The molecule has 0 amide bonds. The highest BCUT2D eigenvalue weighted by atomic mass is 19.1. The summed E-state index contributed by atoms with van der Waals surface area (Å²) in [6.45, 7) is 5.74. The molecule has 0 bridgehead atoms. The largest absolute Gasteiger partial charge is 0.458 e. The monoisotopic (exact) mass is 322 g/mol. The van der Waals surface area contributed by atoms with Gasteiger partial charge in [-0.15, -0.1) is 0 Å². The number of hydrogen-bond acceptors (Lipinski definition) is 4. The fourth-order valence-electron chi connectivity index (χ4n) is 1.95. The minimum Gasteiger partial charge on any atom is -0.458 e. The fraction of sp³-hybridized carbons (Fsp3) is 0.444. The van der Waals surface area contributed by atoms with E-state index < -0.39 is 17.8 Å². The van der Waals surface area contributed by atoms with Crippen molar-refractivity contribution in [3.05, 3.63) is 42.7 Å². The van der Waals surface area contributed by atoms with Crippen LogP contribution in [0.15, 0.2) is 36.9 Å². The average Bonchev–Trinajstić information content (AvgIpc) is 2.54. The molecule has 1 aromatic rings. The predicted molar refractivity (Wildman–Crippen MR) is 85.5 cm³/mol. The highest BCUT2D eigenvalue weighted by Crippen LogP contribution is 2.16. The van der Waals surface area contributed by atoms with Gasteiger partial charge in [0, 0.05) is 0 Å². The first-order chi connectivity index (χ1) is 11.1. The van der Waals surface area contributed by atoms with E-state index in [9.17, 15) is 14.0 Å². The molecule has 0 aliphatic rings. The zero-order valence-electron chi connectivity index (χ0n) is 13.4. The lowest BCUT2D eigenvalue weighted by atomic mass is 10.1. The van der Waals surface area contributed by atoms with Crippen LogP contribution >= 0.6 is 0 Å². The Kier molecular flexibility index (Phi) is 8.65. The Morgan fingerprint density at radius 1 is 1.22 bits per heavy atom. The van der Waals surface area contributed by atoms with Crippen molar-refractivity contribution in [2.24, 2.45) is 0 Å². The van der Waals surface area contributed by atoms with E-state index in [-0.39, 0.29) is 24.7 Å². The van der Waals surface area contributed by atoms with Crippen molar-refractivity contribution in [1.29, 1.82) is 0 Å². The van der Waals surface area contributed by atoms with E-state index >= 15 is 0 Å². The van der Waals surface area contributed by atoms with Crippen molar-refractivity contribution in [1.82, 2.24) is 0 Å². The van der Waals surface area contributed by atoms with Gasteiger partial charge in [0.2, 0.25) is 0 Å². The summed E-state index contributed by atoms with van der Waals surface area (Å²) in [6, 6.07) is 5.61. The number of ether oxygens (including phenoxy) is 2. The summed E-state index contributed by atoms with van der Waals surface area (Å²) in [7, 11) is 0. The van der Waals surface area contributed by atoms with E-state index in [1.54, 1.807) is 12.1 Å². The molecular formula is C18H23FO4. The molecule has 0 N–H and O–H groups in total. The molecule has 0 aromatic heterocycles. The smallest absolute Gasteiger partial charge is 0.311 e. The summed E-state index contributed by atoms with van der Waals surface area (Å²) >= 11 is 0. The summed E-state index contributed by atoms with van der Waals surface area (Å²) in [6.07, 6.45) is 4.81. The van der Waals surface area contributed by atoms with E-state index in [0.717, 1.165) is 25.7 Å². The average molecular weight is 322 g/mol. The van der Waals surface area contributed by atoms with E-state index in [1.807, 2.05) is 0 Å². The van der Waals surface area contributed by atoms with Gasteiger partial charge in [-0.1, -0.05) is 44.6 Å². The lowest BCUT2D eigenvalue weighted by Crippen LogP contribution is -2.18. The summed E-state index contributed by atoms with van der Waals surface area (Å²) in [5, 5.41) is 0. The number of carbonyl (C=O) groups excluding carboxylic acids is 2. The molecular weight excluding hydrogens is 299 g/mol. The van der Waals surface area contributed by atoms with Crippen LogP contribution < -0.4 is 4.74 Å². The lowest BCUT2D eigenvalue weighted by molar-refractivity contribution is -0.149. The zero-order valence-corrected chi connectivity index (χ0v) is 13.4. The summed E-state index contributed by atoms with van der Waals surface area (Å²) < 4.78 is 23.4. The number of unbranched alkanes of at least 4 members (excludes halogenated alkanes) is 2. The van der Waals surface area contributed by atoms with E-state index in [2.05, 4.69) is 13.5 Å². The molecule has 0 aliphatic heterocycles. The van der Waals surface area contributed by atoms with E-state index in [0.29, 0.717) is 0 Å². The molecule has 0 aliphatic carbocycles. The highest BCUT2D eigenvalue weighted by Gasteiger charge is 2.15. The van der Waals surface area contributed by atoms with Gasteiger partial charge in [0.05, 0.1) is 12.8 Å². The Morgan fingerprint density at radius 2 is 1.91 bits per heavy atom. The summed E-state index contributed by atoms with van der Waals surface area (Å²) in [5.41, 5.74) is 0. The van der Waals surface area contributed by atoms with Gasteiger partial charge in [-0.3, -0.25) is 9.59 Å². The first-order valence-corrected chi connectivity index (χ1v) is 7.84. The van der Waals surface area contributed by atoms with Gasteiger partial charge < -0.3 is 9.47 Å². The summed E-state index contributed by atoms with van der Waals surface area (Å²) in [5.74, 6) is -1.93. The molecule has 0 spiro atoms. The number of esters is 2. The molecule has 23 heavy (non-hydrogen) atoms. The van der Waals surface area contributed by atoms with Crippen LogP contribution in [0.4, 0.5) is 4.39 Å². The lowest BCUT2D eigenvalue weighted by Gasteiger charge is -2.13. The number of carbonyl (C=O) groups is 2. The third kappa shape index (κ3) is 7.58. The van der Waals surface area contributed by atoms with Crippen molar-refractivity contribution < 1.29 is 23.5 Å². The molecule has 126 valence electrons. The summed E-state index contributed by atoms with van der Waals surface area (Å²) in [4.78, 5) is 23.3. The van der Waals surface area contributed by atoms with Crippen molar-refractivity contribution in [2.45, 2.75) is 51.6 Å². The van der Waals surface area contributed by atoms with Crippen LogP contribution in [0.25, 0.3) is 0 Å². The first kappa shape index (κ1) is 18.9. The standard InChI is InChI=1S/C18H23FO4/c1-3-5-6-9-14(4-2)22-17(20)12-13-18(21)23-16-11-8-7-10-15(16)19/h4,7-8,10-11,14H,2-3,5-6,9,12-13H2,1H3. The van der Waals surface area contributed by atoms with Gasteiger partial charge >= 0.3 is 11.9 Å². The van der Waals surface area contributed by atoms with Crippen LogP contribution in [-0.4, -0.2) is 18.0 Å². The normalized spacial score (nSPS) is 11.6. The maximum atomic E-state index is 13.3. The van der Waals surface area contributed by atoms with E-state index in [1.165, 1.54) is 18.2 Å². The Bertz CT molecular complexity index is 528. The van der Waals surface area contributed by atoms with Crippen molar-refractivity contribution in [3.8, 4) is 5.75 Å². The topological polar surface area (TPSA) is 52.6 Å². The third-order valence-corrected chi connectivity index (χ3v) is 3.23. The Morgan fingerprint density at radius 3 is 2.57 bits per heavy atom. The molecule has 0 fully saturated rings. The van der Waals surface area contributed by atoms with Gasteiger partial charge in [0.15, 0.2) is 11.6 Å². The van der Waals surface area contributed by atoms with Crippen LogP contribution in [0, 0.1) is 5.82 Å². The number of para-hydroxylation sites is 1. The quantitative estimate of drug-likeness (QED) is 0.280. The van der Waals surface area contributed by atoms with Gasteiger partial charge in [0.1, 0.15) is 6.10 Å². The van der Waals surface area contributed by atoms with Crippen LogP contribution in [0.1, 0.15) is 45.4 Å².